The first-order chi connectivity index (χ1) is 13.5. The Balaban J connectivity index is 1.89. The number of esters is 1. The molecule has 154 valence electrons. The smallest absolute Gasteiger partial charge is 0.338 e. The summed E-state index contributed by atoms with van der Waals surface area (Å²) >= 11 is 0. The molecule has 0 aliphatic heterocycles. The van der Waals surface area contributed by atoms with E-state index in [4.69, 9.17) is 9.15 Å². The summed E-state index contributed by atoms with van der Waals surface area (Å²) in [6.07, 6.45) is 0.213. The predicted molar refractivity (Wildman–Crippen MR) is 104 cm³/mol. The quantitative estimate of drug-likeness (QED) is 0.661. The molecule has 1 aromatic heterocycles. The molecule has 3 N–H and O–H groups in total. The number of benzene rings is 1. The lowest BCUT2D eigenvalue weighted by Crippen LogP contribution is -2.50. The van der Waals surface area contributed by atoms with Gasteiger partial charge in [-0.3, -0.25) is 14.9 Å². The minimum Gasteiger partial charge on any atom is -0.459 e. The molecule has 0 radical (unpaired) electrons. The number of carbonyl (C=O) groups excluding carboxylic acids is 4. The van der Waals surface area contributed by atoms with Crippen molar-refractivity contribution in [1.29, 1.82) is 0 Å². The number of hydrogen-bond donors (Lipinski definition) is 3. The van der Waals surface area contributed by atoms with Crippen molar-refractivity contribution in [3.8, 4) is 0 Å². The van der Waals surface area contributed by atoms with E-state index < -0.39 is 35.5 Å². The number of furan rings is 1. The van der Waals surface area contributed by atoms with Crippen LogP contribution >= 0.6 is 0 Å². The molecule has 0 bridgehead atoms. The second-order valence-corrected chi connectivity index (χ2v) is 7.25. The summed E-state index contributed by atoms with van der Waals surface area (Å²) in [6, 6.07) is 8.35. The van der Waals surface area contributed by atoms with E-state index in [0.29, 0.717) is 5.69 Å². The molecule has 1 heterocycles. The fourth-order valence-electron chi connectivity index (χ4n) is 2.16. The van der Waals surface area contributed by atoms with Crippen LogP contribution in [0.5, 0.6) is 0 Å². The van der Waals surface area contributed by atoms with E-state index in [9.17, 15) is 19.2 Å². The van der Waals surface area contributed by atoms with Gasteiger partial charge in [0.05, 0.1) is 11.8 Å². The average molecular weight is 401 g/mol. The molecule has 0 unspecified atom stereocenters. The van der Waals surface area contributed by atoms with E-state index in [2.05, 4.69) is 16.0 Å². The van der Waals surface area contributed by atoms with Gasteiger partial charge in [-0.25, -0.2) is 9.59 Å². The predicted octanol–water partition coefficient (Wildman–Crippen LogP) is 2.70. The Morgan fingerprint density at radius 2 is 1.69 bits per heavy atom. The van der Waals surface area contributed by atoms with E-state index >= 15 is 0 Å². The molecular formula is C20H23N3O6. The van der Waals surface area contributed by atoms with Crippen LogP contribution < -0.4 is 16.0 Å². The summed E-state index contributed by atoms with van der Waals surface area (Å²) < 4.78 is 10.1. The van der Waals surface area contributed by atoms with Crippen LogP contribution in [0.1, 0.15) is 48.6 Å². The highest BCUT2D eigenvalue weighted by molar-refractivity contribution is 6.02. The van der Waals surface area contributed by atoms with E-state index in [1.807, 2.05) is 0 Å². The number of imide groups is 1. The van der Waals surface area contributed by atoms with Gasteiger partial charge in [-0.15, -0.1) is 0 Å². The standard InChI is InChI=1S/C20H23N3O6/c1-12(16(24)22-19(27)23-20(2,3)4)29-18(26)13-7-9-14(10-8-13)21-17(25)15-6-5-11-28-15/h5-12H,1-4H3,(H,21,25)(H2,22,23,24,27)/t12-/m1/s1. The van der Waals surface area contributed by atoms with Gasteiger partial charge < -0.3 is 19.8 Å². The molecule has 0 aliphatic carbocycles. The largest absolute Gasteiger partial charge is 0.459 e. The molecule has 29 heavy (non-hydrogen) atoms. The topological polar surface area (TPSA) is 127 Å². The summed E-state index contributed by atoms with van der Waals surface area (Å²) in [5, 5.41) is 7.30. The van der Waals surface area contributed by atoms with Crippen LogP contribution in [0.2, 0.25) is 0 Å². The number of ether oxygens (including phenoxy) is 1. The number of rotatable bonds is 5. The molecule has 0 saturated carbocycles. The van der Waals surface area contributed by atoms with Crippen molar-refractivity contribution in [2.75, 3.05) is 5.32 Å². The molecular weight excluding hydrogens is 378 g/mol. The fraction of sp³-hybridized carbons (Fsp3) is 0.300. The van der Waals surface area contributed by atoms with Gasteiger partial charge in [0.1, 0.15) is 0 Å². The van der Waals surface area contributed by atoms with E-state index in [1.165, 1.54) is 43.5 Å². The maximum Gasteiger partial charge on any atom is 0.338 e. The number of urea groups is 1. The lowest BCUT2D eigenvalue weighted by atomic mass is 10.1. The SMILES string of the molecule is C[C@@H](OC(=O)c1ccc(NC(=O)c2ccco2)cc1)C(=O)NC(=O)NC(C)(C)C. The van der Waals surface area contributed by atoms with Crippen LogP contribution in [0.4, 0.5) is 10.5 Å². The molecule has 0 fully saturated rings. The van der Waals surface area contributed by atoms with Gasteiger partial charge in [0.15, 0.2) is 11.9 Å². The highest BCUT2D eigenvalue weighted by Crippen LogP contribution is 2.13. The summed E-state index contributed by atoms with van der Waals surface area (Å²) in [5.41, 5.74) is 0.116. The van der Waals surface area contributed by atoms with Crippen LogP contribution in [0.15, 0.2) is 47.1 Å². The van der Waals surface area contributed by atoms with Gasteiger partial charge in [0, 0.05) is 11.2 Å². The summed E-state index contributed by atoms with van der Waals surface area (Å²) in [7, 11) is 0. The average Bonchev–Trinajstić information content (AvgIpc) is 3.15. The molecule has 0 aliphatic rings. The normalized spacial score (nSPS) is 11.9. The zero-order valence-corrected chi connectivity index (χ0v) is 16.6. The first kappa shape index (κ1) is 21.7. The summed E-state index contributed by atoms with van der Waals surface area (Å²) in [5.74, 6) is -1.76. The maximum absolute atomic E-state index is 12.2. The third-order valence-corrected chi connectivity index (χ3v) is 3.50. The Kier molecular flexibility index (Phi) is 6.76. The number of hydrogen-bond acceptors (Lipinski definition) is 6. The number of anilines is 1. The molecule has 2 aromatic rings. The molecule has 9 nitrogen and oxygen atoms in total. The molecule has 1 aromatic carbocycles. The van der Waals surface area contributed by atoms with Crippen molar-refractivity contribution in [2.45, 2.75) is 39.3 Å². The Morgan fingerprint density at radius 3 is 2.24 bits per heavy atom. The lowest BCUT2D eigenvalue weighted by Gasteiger charge is -2.21. The Labute approximate surface area is 167 Å². The van der Waals surface area contributed by atoms with E-state index in [1.54, 1.807) is 26.8 Å². The van der Waals surface area contributed by atoms with Crippen molar-refractivity contribution in [2.24, 2.45) is 0 Å². The third kappa shape index (κ3) is 6.80. The fourth-order valence-corrected chi connectivity index (χ4v) is 2.16. The second-order valence-electron chi connectivity index (χ2n) is 7.25. The van der Waals surface area contributed by atoms with Crippen molar-refractivity contribution in [3.05, 3.63) is 54.0 Å². The van der Waals surface area contributed by atoms with Gasteiger partial charge in [-0.1, -0.05) is 0 Å². The van der Waals surface area contributed by atoms with Crippen LogP contribution in [0.3, 0.4) is 0 Å². The van der Waals surface area contributed by atoms with Crippen molar-refractivity contribution in [3.63, 3.8) is 0 Å². The molecule has 1 atom stereocenters. The highest BCUT2D eigenvalue weighted by atomic mass is 16.5. The number of nitrogens with one attached hydrogen (secondary N) is 3. The Bertz CT molecular complexity index is 882. The van der Waals surface area contributed by atoms with E-state index in [0.717, 1.165) is 0 Å². The minimum absolute atomic E-state index is 0.156. The molecule has 2 rings (SSSR count). The van der Waals surface area contributed by atoms with Gasteiger partial charge >= 0.3 is 12.0 Å². The molecule has 0 spiro atoms. The summed E-state index contributed by atoms with van der Waals surface area (Å²) in [6.45, 7) is 6.65. The molecule has 9 heteroatoms. The van der Waals surface area contributed by atoms with Gasteiger partial charge in [-0.2, -0.15) is 0 Å². The minimum atomic E-state index is -1.17. The third-order valence-electron chi connectivity index (χ3n) is 3.50. The first-order valence-corrected chi connectivity index (χ1v) is 8.84. The number of amides is 4. The van der Waals surface area contributed by atoms with Crippen molar-refractivity contribution in [1.82, 2.24) is 10.6 Å². The Morgan fingerprint density at radius 1 is 1.03 bits per heavy atom. The molecule has 0 saturated heterocycles. The summed E-state index contributed by atoms with van der Waals surface area (Å²) in [4.78, 5) is 47.8. The maximum atomic E-state index is 12.2. The van der Waals surface area contributed by atoms with Crippen molar-refractivity contribution < 1.29 is 28.3 Å². The first-order valence-electron chi connectivity index (χ1n) is 8.84. The zero-order valence-electron chi connectivity index (χ0n) is 16.6. The highest BCUT2D eigenvalue weighted by Gasteiger charge is 2.22. The van der Waals surface area contributed by atoms with Crippen molar-refractivity contribution >= 4 is 29.5 Å². The van der Waals surface area contributed by atoms with Crippen LogP contribution in [0, 0.1) is 0 Å². The zero-order chi connectivity index (χ0) is 21.6. The van der Waals surface area contributed by atoms with Gasteiger partial charge in [0.2, 0.25) is 0 Å². The Hall–Kier alpha value is -3.62. The number of carbonyl (C=O) groups is 4. The van der Waals surface area contributed by atoms with Crippen LogP contribution in [0.25, 0.3) is 0 Å². The molecule has 4 amide bonds. The van der Waals surface area contributed by atoms with Crippen LogP contribution in [-0.4, -0.2) is 35.5 Å². The monoisotopic (exact) mass is 401 g/mol. The van der Waals surface area contributed by atoms with Crippen LogP contribution in [-0.2, 0) is 9.53 Å². The lowest BCUT2D eigenvalue weighted by molar-refractivity contribution is -0.127. The van der Waals surface area contributed by atoms with Gasteiger partial charge in [-0.05, 0) is 64.1 Å². The van der Waals surface area contributed by atoms with E-state index in [-0.39, 0.29) is 11.3 Å². The second kappa shape index (κ2) is 9.05. The van der Waals surface area contributed by atoms with Gasteiger partial charge in [0.25, 0.3) is 11.8 Å².